The van der Waals surface area contributed by atoms with Crippen LogP contribution in [0.3, 0.4) is 0 Å². The van der Waals surface area contributed by atoms with Crippen molar-refractivity contribution in [2.45, 2.75) is 57.3 Å². The van der Waals surface area contributed by atoms with Crippen molar-refractivity contribution >= 4 is 28.8 Å². The van der Waals surface area contributed by atoms with Gasteiger partial charge in [0, 0.05) is 22.0 Å². The predicted molar refractivity (Wildman–Crippen MR) is 130 cm³/mol. The SMILES string of the molecule is CCCCc1ccc(N(c2ccc(CCCC)cc2)c2cccc(SC)c2)cc1. The maximum Gasteiger partial charge on any atom is 0.0472 e. The minimum Gasteiger partial charge on any atom is -0.310 e. The number of rotatable bonds is 10. The third-order valence-corrected chi connectivity index (χ3v) is 6.06. The Kier molecular flexibility index (Phi) is 8.25. The van der Waals surface area contributed by atoms with Crippen LogP contribution in [0.15, 0.2) is 77.7 Å². The average Bonchev–Trinajstić information content (AvgIpc) is 2.78. The lowest BCUT2D eigenvalue weighted by Gasteiger charge is -2.26. The van der Waals surface area contributed by atoms with E-state index in [4.69, 9.17) is 0 Å². The molecule has 0 amide bonds. The zero-order valence-electron chi connectivity index (χ0n) is 18.0. The van der Waals surface area contributed by atoms with Crippen LogP contribution in [-0.4, -0.2) is 6.26 Å². The minimum atomic E-state index is 1.16. The molecule has 0 saturated carbocycles. The van der Waals surface area contributed by atoms with Gasteiger partial charge in [0.15, 0.2) is 0 Å². The number of hydrogen-bond donors (Lipinski definition) is 0. The first-order valence-corrected chi connectivity index (χ1v) is 12.1. The fourth-order valence-electron chi connectivity index (χ4n) is 3.58. The van der Waals surface area contributed by atoms with Gasteiger partial charge in [-0.15, -0.1) is 11.8 Å². The molecule has 3 aromatic rings. The van der Waals surface area contributed by atoms with E-state index in [1.165, 1.54) is 58.8 Å². The van der Waals surface area contributed by atoms with Gasteiger partial charge in [-0.05, 0) is 85.5 Å². The van der Waals surface area contributed by atoms with E-state index in [1.807, 2.05) is 0 Å². The summed E-state index contributed by atoms with van der Waals surface area (Å²) in [6.07, 6.45) is 9.42. The Balaban J connectivity index is 1.95. The van der Waals surface area contributed by atoms with E-state index in [9.17, 15) is 0 Å². The molecule has 29 heavy (non-hydrogen) atoms. The van der Waals surface area contributed by atoms with Crippen molar-refractivity contribution in [1.29, 1.82) is 0 Å². The molecule has 0 heterocycles. The van der Waals surface area contributed by atoms with Gasteiger partial charge in [-0.25, -0.2) is 0 Å². The van der Waals surface area contributed by atoms with E-state index in [1.54, 1.807) is 11.8 Å². The highest BCUT2D eigenvalue weighted by Crippen LogP contribution is 2.36. The van der Waals surface area contributed by atoms with Gasteiger partial charge in [-0.2, -0.15) is 0 Å². The van der Waals surface area contributed by atoms with Crippen LogP contribution >= 0.6 is 11.8 Å². The van der Waals surface area contributed by atoms with Crippen molar-refractivity contribution in [3.63, 3.8) is 0 Å². The molecule has 0 bridgehead atoms. The summed E-state index contributed by atoms with van der Waals surface area (Å²) in [5, 5.41) is 0. The van der Waals surface area contributed by atoms with Gasteiger partial charge in [0.2, 0.25) is 0 Å². The molecule has 152 valence electrons. The first-order valence-electron chi connectivity index (χ1n) is 10.9. The predicted octanol–water partition coefficient (Wildman–Crippen LogP) is 8.56. The summed E-state index contributed by atoms with van der Waals surface area (Å²) in [4.78, 5) is 3.65. The van der Waals surface area contributed by atoms with Crippen LogP contribution < -0.4 is 4.90 Å². The average molecular weight is 404 g/mol. The normalized spacial score (nSPS) is 10.9. The molecule has 0 aliphatic heterocycles. The molecular formula is C27H33NS. The molecule has 0 fully saturated rings. The second kappa shape index (κ2) is 11.1. The molecule has 0 aromatic heterocycles. The van der Waals surface area contributed by atoms with Crippen molar-refractivity contribution in [3.8, 4) is 0 Å². The van der Waals surface area contributed by atoms with Gasteiger partial charge in [0.1, 0.15) is 0 Å². The highest BCUT2D eigenvalue weighted by Gasteiger charge is 2.13. The van der Waals surface area contributed by atoms with Crippen molar-refractivity contribution in [2.24, 2.45) is 0 Å². The Morgan fingerprint density at radius 1 is 0.655 bits per heavy atom. The summed E-state index contributed by atoms with van der Waals surface area (Å²) in [5.74, 6) is 0. The lowest BCUT2D eigenvalue weighted by molar-refractivity contribution is 0.795. The maximum absolute atomic E-state index is 2.37. The topological polar surface area (TPSA) is 3.24 Å². The summed E-state index contributed by atoms with van der Waals surface area (Å²) in [6.45, 7) is 4.50. The molecule has 0 unspecified atom stereocenters. The van der Waals surface area contributed by atoms with E-state index >= 15 is 0 Å². The lowest BCUT2D eigenvalue weighted by Crippen LogP contribution is -2.10. The van der Waals surface area contributed by atoms with E-state index in [0.29, 0.717) is 0 Å². The minimum absolute atomic E-state index is 1.16. The summed E-state index contributed by atoms with van der Waals surface area (Å²) in [7, 11) is 0. The fourth-order valence-corrected chi connectivity index (χ4v) is 4.04. The van der Waals surface area contributed by atoms with Gasteiger partial charge < -0.3 is 4.90 Å². The van der Waals surface area contributed by atoms with Crippen LogP contribution in [0, 0.1) is 0 Å². The molecule has 3 rings (SSSR count). The first-order chi connectivity index (χ1) is 14.2. The van der Waals surface area contributed by atoms with Crippen LogP contribution in [0.25, 0.3) is 0 Å². The second-order valence-corrected chi connectivity index (χ2v) is 8.46. The Bertz CT molecular complexity index is 816. The Morgan fingerprint density at radius 2 is 1.17 bits per heavy atom. The van der Waals surface area contributed by atoms with Crippen molar-refractivity contribution in [1.82, 2.24) is 0 Å². The maximum atomic E-state index is 2.37. The molecule has 0 aliphatic rings. The van der Waals surface area contributed by atoms with Crippen LogP contribution in [0.2, 0.25) is 0 Å². The molecule has 1 nitrogen and oxygen atoms in total. The molecule has 0 saturated heterocycles. The number of thioether (sulfide) groups is 1. The van der Waals surface area contributed by atoms with Crippen molar-refractivity contribution < 1.29 is 0 Å². The Labute approximate surface area is 181 Å². The molecule has 0 spiro atoms. The summed E-state index contributed by atoms with van der Waals surface area (Å²) >= 11 is 1.79. The van der Waals surface area contributed by atoms with Crippen LogP contribution in [0.4, 0.5) is 17.1 Å². The Morgan fingerprint density at radius 3 is 1.62 bits per heavy atom. The quantitative estimate of drug-likeness (QED) is 0.312. The molecule has 3 aromatic carbocycles. The third-order valence-electron chi connectivity index (χ3n) is 5.34. The molecule has 0 N–H and O–H groups in total. The molecule has 0 atom stereocenters. The number of benzene rings is 3. The summed E-state index contributed by atoms with van der Waals surface area (Å²) in [5.41, 5.74) is 6.47. The second-order valence-electron chi connectivity index (χ2n) is 7.58. The molecule has 2 heteroatoms. The van der Waals surface area contributed by atoms with Gasteiger partial charge in [-0.1, -0.05) is 57.0 Å². The number of aryl methyl sites for hydroxylation is 2. The Hall–Kier alpha value is -2.19. The number of anilines is 3. The van der Waals surface area contributed by atoms with Gasteiger partial charge in [0.05, 0.1) is 0 Å². The highest BCUT2D eigenvalue weighted by molar-refractivity contribution is 7.98. The number of unbranched alkanes of at least 4 members (excludes halogenated alkanes) is 2. The van der Waals surface area contributed by atoms with Crippen LogP contribution in [0.5, 0.6) is 0 Å². The van der Waals surface area contributed by atoms with E-state index < -0.39 is 0 Å². The monoisotopic (exact) mass is 403 g/mol. The first kappa shape index (κ1) is 21.5. The standard InChI is InChI=1S/C27H33NS/c1-4-6-9-22-13-17-24(18-14-22)28(26-11-8-12-27(21-26)29-3)25-19-15-23(16-20-25)10-7-5-2/h8,11-21H,4-7,9-10H2,1-3H3. The third kappa shape index (κ3) is 5.90. The van der Waals surface area contributed by atoms with Crippen molar-refractivity contribution in [3.05, 3.63) is 83.9 Å². The number of nitrogens with zero attached hydrogens (tertiary/aromatic N) is 1. The van der Waals surface area contributed by atoms with Crippen LogP contribution in [-0.2, 0) is 12.8 Å². The smallest absolute Gasteiger partial charge is 0.0472 e. The fraction of sp³-hybridized carbons (Fsp3) is 0.333. The molecular weight excluding hydrogens is 370 g/mol. The summed E-state index contributed by atoms with van der Waals surface area (Å²) in [6, 6.07) is 27.0. The number of hydrogen-bond acceptors (Lipinski definition) is 2. The van der Waals surface area contributed by atoms with Gasteiger partial charge >= 0.3 is 0 Å². The molecule has 0 aliphatic carbocycles. The van der Waals surface area contributed by atoms with E-state index in [0.717, 1.165) is 12.8 Å². The van der Waals surface area contributed by atoms with Crippen molar-refractivity contribution in [2.75, 3.05) is 11.2 Å². The largest absolute Gasteiger partial charge is 0.310 e. The van der Waals surface area contributed by atoms with E-state index in [-0.39, 0.29) is 0 Å². The van der Waals surface area contributed by atoms with Crippen LogP contribution in [0.1, 0.15) is 50.7 Å². The zero-order valence-corrected chi connectivity index (χ0v) is 18.8. The summed E-state index contributed by atoms with van der Waals surface area (Å²) < 4.78 is 0. The van der Waals surface area contributed by atoms with Gasteiger partial charge in [0.25, 0.3) is 0 Å². The lowest BCUT2D eigenvalue weighted by atomic mass is 10.1. The zero-order chi connectivity index (χ0) is 20.5. The molecule has 0 radical (unpaired) electrons. The highest BCUT2D eigenvalue weighted by atomic mass is 32.2. The van der Waals surface area contributed by atoms with Gasteiger partial charge in [-0.3, -0.25) is 0 Å². The van der Waals surface area contributed by atoms with E-state index in [2.05, 4.69) is 97.8 Å².